The van der Waals surface area contributed by atoms with Crippen LogP contribution >= 0.6 is 0 Å². The molecule has 0 amide bonds. The summed E-state index contributed by atoms with van der Waals surface area (Å²) in [6.07, 6.45) is 0. The number of methoxy groups -OCH3 is 2. The molecule has 0 saturated carbocycles. The molecule has 1 aromatic carbocycles. The van der Waals surface area contributed by atoms with Gasteiger partial charge in [0.05, 0.1) is 19.9 Å². The van der Waals surface area contributed by atoms with Crippen molar-refractivity contribution in [2.75, 3.05) is 31.9 Å². The molecule has 1 heterocycles. The van der Waals surface area contributed by atoms with E-state index in [1.807, 2.05) is 42.3 Å². The van der Waals surface area contributed by atoms with Crippen LogP contribution < -0.4 is 20.1 Å². The van der Waals surface area contributed by atoms with Gasteiger partial charge < -0.3 is 20.1 Å². The summed E-state index contributed by atoms with van der Waals surface area (Å²) in [6, 6.07) is 11.6. The largest absolute Gasteiger partial charge is 0.497 e. The smallest absolute Gasteiger partial charge is 0.238 e. The Morgan fingerprint density at radius 1 is 1.05 bits per heavy atom. The van der Waals surface area contributed by atoms with Gasteiger partial charge in [-0.25, -0.2) is 0 Å². The van der Waals surface area contributed by atoms with Crippen LogP contribution in [0.15, 0.2) is 36.4 Å². The first-order valence-corrected chi connectivity index (χ1v) is 6.28. The predicted molar refractivity (Wildman–Crippen MR) is 80.3 cm³/mol. The lowest BCUT2D eigenvalue weighted by Crippen LogP contribution is -2.18. The maximum Gasteiger partial charge on any atom is 0.238 e. The summed E-state index contributed by atoms with van der Waals surface area (Å²) in [6.45, 7) is 0.740. The van der Waals surface area contributed by atoms with Crippen LogP contribution in [0.2, 0.25) is 0 Å². The van der Waals surface area contributed by atoms with E-state index in [4.69, 9.17) is 15.2 Å². The average Bonchev–Trinajstić information content (AvgIpc) is 2.48. The molecule has 0 aliphatic heterocycles. The number of nitrogens with zero attached hydrogens (tertiary/aromatic N) is 2. The van der Waals surface area contributed by atoms with Gasteiger partial charge in [-0.15, -0.1) is 0 Å². The van der Waals surface area contributed by atoms with Crippen molar-refractivity contribution in [2.45, 2.75) is 6.54 Å². The minimum Gasteiger partial charge on any atom is -0.497 e. The Kier molecular flexibility index (Phi) is 4.30. The summed E-state index contributed by atoms with van der Waals surface area (Å²) >= 11 is 0. The number of benzene rings is 1. The first kappa shape index (κ1) is 14.0. The Balaban J connectivity index is 2.12. The van der Waals surface area contributed by atoms with Gasteiger partial charge in [-0.05, 0) is 29.8 Å². The molecule has 0 aliphatic rings. The summed E-state index contributed by atoms with van der Waals surface area (Å²) in [4.78, 5) is 6.41. The zero-order valence-corrected chi connectivity index (χ0v) is 12.0. The fourth-order valence-electron chi connectivity index (χ4n) is 1.90. The molecule has 0 spiro atoms. The molecule has 0 unspecified atom stereocenters. The zero-order valence-electron chi connectivity index (χ0n) is 12.0. The predicted octanol–water partition coefficient (Wildman–Crippen LogP) is 2.32. The van der Waals surface area contributed by atoms with Crippen LogP contribution in [0.1, 0.15) is 5.56 Å². The van der Waals surface area contributed by atoms with Gasteiger partial charge in [-0.3, -0.25) is 0 Å². The standard InChI is InChI=1S/C15H19N3O2/c1-18(10-11-4-6-12(19-2)7-5-11)14-9-8-13(16)15(17-14)20-3/h4-9H,10,16H2,1-3H3. The number of ether oxygens (including phenoxy) is 2. The molecule has 2 N–H and O–H groups in total. The van der Waals surface area contributed by atoms with Gasteiger partial charge in [0.2, 0.25) is 5.88 Å². The van der Waals surface area contributed by atoms with E-state index in [9.17, 15) is 0 Å². The quantitative estimate of drug-likeness (QED) is 0.906. The Hall–Kier alpha value is -2.43. The van der Waals surface area contributed by atoms with Gasteiger partial charge >= 0.3 is 0 Å². The summed E-state index contributed by atoms with van der Waals surface area (Å²) in [7, 11) is 5.19. The van der Waals surface area contributed by atoms with Crippen LogP contribution in [-0.4, -0.2) is 26.3 Å². The van der Waals surface area contributed by atoms with Crippen molar-refractivity contribution in [3.8, 4) is 11.6 Å². The van der Waals surface area contributed by atoms with Gasteiger partial charge in [-0.1, -0.05) is 12.1 Å². The molecule has 0 saturated heterocycles. The van der Waals surface area contributed by atoms with Crippen LogP contribution in [0.25, 0.3) is 0 Å². The van der Waals surface area contributed by atoms with Crippen molar-refractivity contribution < 1.29 is 9.47 Å². The number of hydrogen-bond acceptors (Lipinski definition) is 5. The number of hydrogen-bond donors (Lipinski definition) is 1. The van der Waals surface area contributed by atoms with E-state index in [2.05, 4.69) is 4.98 Å². The van der Waals surface area contributed by atoms with E-state index in [-0.39, 0.29) is 0 Å². The molecule has 0 atom stereocenters. The van der Waals surface area contributed by atoms with Gasteiger partial charge in [0.25, 0.3) is 0 Å². The monoisotopic (exact) mass is 273 g/mol. The lowest BCUT2D eigenvalue weighted by Gasteiger charge is -2.19. The third kappa shape index (κ3) is 3.12. The van der Waals surface area contributed by atoms with E-state index in [0.29, 0.717) is 11.6 Å². The van der Waals surface area contributed by atoms with Crippen molar-refractivity contribution in [1.29, 1.82) is 0 Å². The van der Waals surface area contributed by atoms with Crippen LogP contribution in [0.3, 0.4) is 0 Å². The van der Waals surface area contributed by atoms with E-state index < -0.39 is 0 Å². The summed E-state index contributed by atoms with van der Waals surface area (Å²) < 4.78 is 10.3. The van der Waals surface area contributed by atoms with Crippen molar-refractivity contribution in [1.82, 2.24) is 4.98 Å². The topological polar surface area (TPSA) is 60.6 Å². The second kappa shape index (κ2) is 6.14. The normalized spacial score (nSPS) is 10.2. The Morgan fingerprint density at radius 2 is 1.75 bits per heavy atom. The van der Waals surface area contributed by atoms with Crippen LogP contribution in [0.5, 0.6) is 11.6 Å². The lowest BCUT2D eigenvalue weighted by atomic mass is 10.2. The van der Waals surface area contributed by atoms with Gasteiger partial charge in [0.1, 0.15) is 11.6 Å². The van der Waals surface area contributed by atoms with Crippen LogP contribution in [0.4, 0.5) is 11.5 Å². The molecule has 5 nitrogen and oxygen atoms in total. The number of nitrogens with two attached hydrogens (primary N) is 1. The highest BCUT2D eigenvalue weighted by Gasteiger charge is 2.08. The molecule has 2 rings (SSSR count). The van der Waals surface area contributed by atoms with Gasteiger partial charge in [0, 0.05) is 13.6 Å². The maximum absolute atomic E-state index is 5.76. The average molecular weight is 273 g/mol. The van der Waals surface area contributed by atoms with E-state index in [1.165, 1.54) is 5.56 Å². The summed E-state index contributed by atoms with van der Waals surface area (Å²) in [5.74, 6) is 2.11. The van der Waals surface area contributed by atoms with Crippen molar-refractivity contribution in [2.24, 2.45) is 0 Å². The molecule has 0 aliphatic carbocycles. The van der Waals surface area contributed by atoms with Gasteiger partial charge in [0.15, 0.2) is 0 Å². The van der Waals surface area contributed by atoms with E-state index >= 15 is 0 Å². The number of anilines is 2. The molecule has 0 radical (unpaired) electrons. The Bertz CT molecular complexity index is 570. The maximum atomic E-state index is 5.76. The fourth-order valence-corrected chi connectivity index (χ4v) is 1.90. The second-order valence-corrected chi connectivity index (χ2v) is 4.47. The second-order valence-electron chi connectivity index (χ2n) is 4.47. The van der Waals surface area contributed by atoms with E-state index in [1.54, 1.807) is 20.3 Å². The van der Waals surface area contributed by atoms with Crippen molar-refractivity contribution in [3.05, 3.63) is 42.0 Å². The SMILES string of the molecule is COc1ccc(CN(C)c2ccc(N)c(OC)n2)cc1. The van der Waals surface area contributed by atoms with Crippen molar-refractivity contribution in [3.63, 3.8) is 0 Å². The highest BCUT2D eigenvalue weighted by Crippen LogP contribution is 2.23. The van der Waals surface area contributed by atoms with Crippen molar-refractivity contribution >= 4 is 11.5 Å². The number of nitrogen functional groups attached to an aromatic ring is 1. The fraction of sp³-hybridized carbons (Fsp3) is 0.267. The Labute approximate surface area is 118 Å². The third-order valence-corrected chi connectivity index (χ3v) is 3.04. The number of rotatable bonds is 5. The molecular formula is C15H19N3O2. The highest BCUT2D eigenvalue weighted by atomic mass is 16.5. The minimum atomic E-state index is 0.448. The number of aromatic nitrogens is 1. The molecule has 20 heavy (non-hydrogen) atoms. The lowest BCUT2D eigenvalue weighted by molar-refractivity contribution is 0.400. The molecular weight excluding hydrogens is 254 g/mol. The molecule has 2 aromatic rings. The third-order valence-electron chi connectivity index (χ3n) is 3.04. The van der Waals surface area contributed by atoms with Crippen LogP contribution in [0, 0.1) is 0 Å². The van der Waals surface area contributed by atoms with E-state index in [0.717, 1.165) is 18.1 Å². The number of pyridine rings is 1. The summed E-state index contributed by atoms with van der Waals surface area (Å²) in [5, 5.41) is 0. The zero-order chi connectivity index (χ0) is 14.5. The van der Waals surface area contributed by atoms with Crippen LogP contribution in [-0.2, 0) is 6.54 Å². The molecule has 5 heteroatoms. The first-order valence-electron chi connectivity index (χ1n) is 6.28. The first-order chi connectivity index (χ1) is 9.63. The molecule has 106 valence electrons. The molecule has 0 bridgehead atoms. The Morgan fingerprint density at radius 3 is 2.35 bits per heavy atom. The summed E-state index contributed by atoms with van der Waals surface area (Å²) in [5.41, 5.74) is 7.47. The molecule has 0 fully saturated rings. The highest BCUT2D eigenvalue weighted by molar-refractivity contribution is 5.54. The minimum absolute atomic E-state index is 0.448. The molecule has 1 aromatic heterocycles. The van der Waals surface area contributed by atoms with Gasteiger partial charge in [-0.2, -0.15) is 4.98 Å².